The average Bonchev–Trinajstić information content (AvgIpc) is 2.09. The van der Waals surface area contributed by atoms with Gasteiger partial charge in [-0.25, -0.2) is 0 Å². The molecule has 0 amide bonds. The van der Waals surface area contributed by atoms with Gasteiger partial charge in [-0.05, 0) is 19.1 Å². The number of hydrogen-bond donors (Lipinski definition) is 0. The van der Waals surface area contributed by atoms with Gasteiger partial charge in [-0.3, -0.25) is 0 Å². The smallest absolute Gasteiger partial charge is 0.0488 e. The lowest BCUT2D eigenvalue weighted by molar-refractivity contribution is 1.05. The Bertz CT molecular complexity index is 245. The number of terminal acetylenes is 1. The van der Waals surface area contributed by atoms with E-state index in [2.05, 4.69) is 6.04 Å². The third kappa shape index (κ3) is 1.75. The first-order chi connectivity index (χ1) is 5.38. The average molecular weight is 145 g/mol. The second-order valence-electron chi connectivity index (χ2n) is 2.21. The maximum absolute atomic E-state index is 5.29. The van der Waals surface area contributed by atoms with Gasteiger partial charge in [-0.1, -0.05) is 24.6 Å². The number of benzene rings is 1. The second kappa shape index (κ2) is 3.68. The molecule has 1 heteroatoms. The molecule has 1 aromatic rings. The fraction of sp³-hybridized carbons (Fsp3) is 0.200. The highest BCUT2D eigenvalue weighted by Gasteiger charge is 1.96. The van der Waals surface area contributed by atoms with Crippen LogP contribution in [0.5, 0.6) is 0 Å². The normalized spacial score (nSPS) is 8.73. The van der Waals surface area contributed by atoms with Gasteiger partial charge in [0, 0.05) is 18.3 Å². The molecule has 0 unspecified atom stereocenters. The van der Waals surface area contributed by atoms with Gasteiger partial charge in [0.2, 0.25) is 0 Å². The summed E-state index contributed by atoms with van der Waals surface area (Å²) in [5, 5.41) is 0. The molecule has 0 aliphatic carbocycles. The second-order valence-corrected chi connectivity index (χ2v) is 2.21. The maximum atomic E-state index is 5.29. The van der Waals surface area contributed by atoms with Gasteiger partial charge in [0.25, 0.3) is 0 Å². The number of hydrogen-bond acceptors (Lipinski definition) is 1. The summed E-state index contributed by atoms with van der Waals surface area (Å²) in [7, 11) is 0. The van der Waals surface area contributed by atoms with Crippen LogP contribution in [0.1, 0.15) is 6.92 Å². The van der Waals surface area contributed by atoms with E-state index < -0.39 is 0 Å². The van der Waals surface area contributed by atoms with Crippen LogP contribution in [0.3, 0.4) is 0 Å². The molecule has 0 bridgehead atoms. The Hall–Kier alpha value is -1.42. The van der Waals surface area contributed by atoms with Crippen LogP contribution in [0.2, 0.25) is 0 Å². The van der Waals surface area contributed by atoms with Crippen molar-refractivity contribution in [1.29, 1.82) is 0 Å². The van der Waals surface area contributed by atoms with E-state index >= 15 is 0 Å². The van der Waals surface area contributed by atoms with E-state index in [0.29, 0.717) is 0 Å². The van der Waals surface area contributed by atoms with Crippen molar-refractivity contribution >= 4 is 5.69 Å². The molecule has 0 radical (unpaired) electrons. The fourth-order valence-corrected chi connectivity index (χ4v) is 0.956. The highest BCUT2D eigenvalue weighted by molar-refractivity contribution is 5.50. The molecular weight excluding hydrogens is 134 g/mol. The predicted molar refractivity (Wildman–Crippen MR) is 48.3 cm³/mol. The lowest BCUT2D eigenvalue weighted by Crippen LogP contribution is -2.14. The quantitative estimate of drug-likeness (QED) is 0.455. The van der Waals surface area contributed by atoms with Crippen molar-refractivity contribution in [2.45, 2.75) is 6.92 Å². The van der Waals surface area contributed by atoms with Gasteiger partial charge < -0.3 is 4.90 Å². The molecule has 0 aromatic heterocycles. The van der Waals surface area contributed by atoms with Crippen molar-refractivity contribution in [3.05, 3.63) is 30.3 Å². The molecule has 0 saturated carbocycles. The first kappa shape index (κ1) is 7.68. The molecule has 0 saturated heterocycles. The summed E-state index contributed by atoms with van der Waals surface area (Å²) < 4.78 is 0. The minimum absolute atomic E-state index is 0.848. The monoisotopic (exact) mass is 145 g/mol. The molecule has 0 N–H and O–H groups in total. The number of para-hydroxylation sites is 1. The Morgan fingerprint density at radius 3 is 2.45 bits per heavy atom. The molecule has 0 fully saturated rings. The highest BCUT2D eigenvalue weighted by atomic mass is 15.1. The molecule has 1 nitrogen and oxygen atoms in total. The Balaban J connectivity index is 2.85. The zero-order valence-electron chi connectivity index (χ0n) is 6.62. The van der Waals surface area contributed by atoms with Crippen molar-refractivity contribution in [1.82, 2.24) is 0 Å². The van der Waals surface area contributed by atoms with E-state index in [9.17, 15) is 0 Å². The van der Waals surface area contributed by atoms with Crippen LogP contribution in [0.25, 0.3) is 0 Å². The highest BCUT2D eigenvalue weighted by Crippen LogP contribution is 2.10. The molecule has 0 aliphatic heterocycles. The van der Waals surface area contributed by atoms with Crippen molar-refractivity contribution in [2.24, 2.45) is 0 Å². The number of anilines is 1. The molecule has 0 spiro atoms. The molecule has 0 atom stereocenters. The van der Waals surface area contributed by atoms with Gasteiger partial charge in [0.05, 0.1) is 0 Å². The van der Waals surface area contributed by atoms with Crippen LogP contribution in [-0.4, -0.2) is 6.54 Å². The molecule has 1 aromatic carbocycles. The van der Waals surface area contributed by atoms with Gasteiger partial charge in [-0.2, -0.15) is 0 Å². The van der Waals surface area contributed by atoms with Crippen LogP contribution >= 0.6 is 0 Å². The summed E-state index contributed by atoms with van der Waals surface area (Å²) in [4.78, 5) is 1.86. The lowest BCUT2D eigenvalue weighted by atomic mass is 10.3. The third-order valence-corrected chi connectivity index (χ3v) is 1.54. The number of nitrogens with zero attached hydrogens (tertiary/aromatic N) is 1. The van der Waals surface area contributed by atoms with E-state index in [0.717, 1.165) is 12.2 Å². The summed E-state index contributed by atoms with van der Waals surface area (Å²) in [6.07, 6.45) is 5.29. The zero-order chi connectivity index (χ0) is 8.10. The first-order valence-electron chi connectivity index (χ1n) is 3.67. The molecule has 0 heterocycles. The van der Waals surface area contributed by atoms with E-state index in [1.165, 1.54) is 0 Å². The maximum Gasteiger partial charge on any atom is 0.0488 e. The Morgan fingerprint density at radius 1 is 1.36 bits per heavy atom. The Morgan fingerprint density at radius 2 is 2.00 bits per heavy atom. The first-order valence-corrected chi connectivity index (χ1v) is 3.67. The minimum atomic E-state index is 0.848. The largest absolute Gasteiger partial charge is 0.302 e. The van der Waals surface area contributed by atoms with E-state index in [1.807, 2.05) is 42.2 Å². The van der Waals surface area contributed by atoms with Crippen molar-refractivity contribution in [3.63, 3.8) is 0 Å². The third-order valence-electron chi connectivity index (χ3n) is 1.54. The van der Waals surface area contributed by atoms with Gasteiger partial charge >= 0.3 is 0 Å². The minimum Gasteiger partial charge on any atom is -0.302 e. The van der Waals surface area contributed by atoms with E-state index in [1.54, 1.807) is 0 Å². The Labute approximate surface area is 67.7 Å². The molecular formula is C10H11N. The summed E-state index contributed by atoms with van der Waals surface area (Å²) in [6.45, 7) is 2.88. The number of rotatable bonds is 2. The molecule has 1 rings (SSSR count). The molecule has 56 valence electrons. The van der Waals surface area contributed by atoms with E-state index in [4.69, 9.17) is 6.42 Å². The van der Waals surface area contributed by atoms with E-state index in [-0.39, 0.29) is 0 Å². The SMILES string of the molecule is C#CN(CC)c1ccccc1. The summed E-state index contributed by atoms with van der Waals surface area (Å²) in [5.74, 6) is 0. The van der Waals surface area contributed by atoms with Crippen molar-refractivity contribution in [2.75, 3.05) is 11.4 Å². The van der Waals surface area contributed by atoms with Crippen molar-refractivity contribution < 1.29 is 0 Å². The molecule has 11 heavy (non-hydrogen) atoms. The van der Waals surface area contributed by atoms with Crippen LogP contribution in [0.15, 0.2) is 30.3 Å². The van der Waals surface area contributed by atoms with Crippen LogP contribution < -0.4 is 4.90 Å². The molecule has 0 aliphatic rings. The predicted octanol–water partition coefficient (Wildman–Crippen LogP) is 2.10. The lowest BCUT2D eigenvalue weighted by Gasteiger charge is -2.13. The summed E-state index contributed by atoms with van der Waals surface area (Å²) in [5.41, 5.74) is 1.08. The zero-order valence-corrected chi connectivity index (χ0v) is 6.62. The fourth-order valence-electron chi connectivity index (χ4n) is 0.956. The Kier molecular flexibility index (Phi) is 2.57. The van der Waals surface area contributed by atoms with Crippen molar-refractivity contribution in [3.8, 4) is 12.5 Å². The van der Waals surface area contributed by atoms with Crippen LogP contribution in [-0.2, 0) is 0 Å². The van der Waals surface area contributed by atoms with Crippen LogP contribution in [0.4, 0.5) is 5.69 Å². The standard InChI is InChI=1S/C10H11N/c1-3-11(4-2)10-8-6-5-7-9-10/h1,5-9H,4H2,2H3. The summed E-state index contributed by atoms with van der Waals surface area (Å²) >= 11 is 0. The van der Waals surface area contributed by atoms with Gasteiger partial charge in [0.1, 0.15) is 0 Å². The summed E-state index contributed by atoms with van der Waals surface area (Å²) in [6, 6.07) is 12.6. The topological polar surface area (TPSA) is 3.24 Å². The van der Waals surface area contributed by atoms with Crippen LogP contribution in [0, 0.1) is 12.5 Å². The van der Waals surface area contributed by atoms with Gasteiger partial charge in [0.15, 0.2) is 0 Å². The van der Waals surface area contributed by atoms with Gasteiger partial charge in [-0.15, -0.1) is 0 Å².